The summed E-state index contributed by atoms with van der Waals surface area (Å²) in [6.45, 7) is 4.68. The van der Waals surface area contributed by atoms with Crippen molar-refractivity contribution < 1.29 is 32.7 Å². The fraction of sp³-hybridized carbons (Fsp3) is 0.629. The number of hydrogen-bond donors (Lipinski definition) is 2. The van der Waals surface area contributed by atoms with Crippen molar-refractivity contribution in [1.29, 1.82) is 0 Å². The number of thiophene rings is 1. The number of carbonyl (C=O) groups excluding carboxylic acids is 3. The Labute approximate surface area is 294 Å². The fourth-order valence-corrected chi connectivity index (χ4v) is 9.21. The molecule has 4 aliphatic heterocycles. The molecule has 4 aliphatic rings. The molecule has 2 N–H and O–H groups in total. The van der Waals surface area contributed by atoms with Crippen LogP contribution in [-0.2, 0) is 28.6 Å². The molecule has 2 aromatic rings. The van der Waals surface area contributed by atoms with Gasteiger partial charge in [-0.15, -0.1) is 11.3 Å². The largest absolute Gasteiger partial charge is 0.506 e. The minimum atomic E-state index is -4.84. The van der Waals surface area contributed by atoms with Crippen molar-refractivity contribution in [1.82, 2.24) is 19.6 Å². The number of phenolic OH excluding ortho intramolecular Hbond substituents is 1. The first kappa shape index (κ1) is 35.8. The van der Waals surface area contributed by atoms with E-state index in [0.717, 1.165) is 62.5 Å². The average molecular weight is 724 g/mol. The zero-order valence-corrected chi connectivity index (χ0v) is 29.4. The Morgan fingerprint density at radius 1 is 0.959 bits per heavy atom. The highest BCUT2D eigenvalue weighted by atomic mass is 35.5. The van der Waals surface area contributed by atoms with Crippen molar-refractivity contribution in [2.24, 2.45) is 17.8 Å². The van der Waals surface area contributed by atoms with E-state index in [-0.39, 0.29) is 42.3 Å². The van der Waals surface area contributed by atoms with Crippen LogP contribution >= 0.6 is 22.9 Å². The minimum absolute atomic E-state index is 0.0278. The predicted molar refractivity (Wildman–Crippen MR) is 183 cm³/mol. The van der Waals surface area contributed by atoms with E-state index in [2.05, 4.69) is 17.3 Å². The van der Waals surface area contributed by atoms with Crippen molar-refractivity contribution >= 4 is 46.5 Å². The first-order chi connectivity index (χ1) is 23.4. The smallest absolute Gasteiger partial charge is 0.420 e. The number of phenols is 1. The number of urea groups is 1. The third kappa shape index (κ3) is 8.31. The van der Waals surface area contributed by atoms with Crippen molar-refractivity contribution in [3.8, 4) is 5.75 Å². The first-order valence-electron chi connectivity index (χ1n) is 17.3. The maximum atomic E-state index is 14.1. The molecule has 1 atom stereocenters. The molecule has 49 heavy (non-hydrogen) atoms. The summed E-state index contributed by atoms with van der Waals surface area (Å²) in [6.07, 6.45) is 0.870. The van der Waals surface area contributed by atoms with Gasteiger partial charge in [-0.1, -0.05) is 11.6 Å². The number of amides is 4. The second kappa shape index (κ2) is 15.1. The van der Waals surface area contributed by atoms with E-state index in [1.54, 1.807) is 21.1 Å². The van der Waals surface area contributed by atoms with Gasteiger partial charge < -0.3 is 30.0 Å². The molecule has 5 heterocycles. The molecule has 9 nitrogen and oxygen atoms in total. The highest BCUT2D eigenvalue weighted by Crippen LogP contribution is 2.41. The number of fused-ring (bicyclic) bond motifs is 1. The number of nitrogens with zero attached hydrogens (tertiary/aromatic N) is 4. The zero-order chi connectivity index (χ0) is 34.9. The van der Waals surface area contributed by atoms with Gasteiger partial charge in [-0.3, -0.25) is 9.59 Å². The molecule has 1 aromatic carbocycles. The Kier molecular flexibility index (Phi) is 11.0. The summed E-state index contributed by atoms with van der Waals surface area (Å²) >= 11 is 7.58. The van der Waals surface area contributed by atoms with E-state index in [9.17, 15) is 32.7 Å². The second-order valence-corrected chi connectivity index (χ2v) is 15.3. The molecule has 0 saturated carbocycles. The standard InChI is InChI=1S/C35H45ClF3N5O4S/c1-41-9-2-23(3-10-41)24-4-11-43(12-5-24)33(47)26(16-22-17-28(35(37,38)39)32(46)29(36)18-22)19-31(45)42-13-7-27(8-14-42)44-15-6-25-20-49-21-30(25)40-34(44)48/h17-18,20-21,23-24,26-27,46H,2-16,19H2,1H3,(H,40,48)/t26-/m0/s1. The van der Waals surface area contributed by atoms with Gasteiger partial charge in [-0.2, -0.15) is 13.2 Å². The summed E-state index contributed by atoms with van der Waals surface area (Å²) in [5.41, 5.74) is 0.847. The van der Waals surface area contributed by atoms with Crippen LogP contribution in [0, 0.1) is 17.8 Å². The molecule has 3 fully saturated rings. The van der Waals surface area contributed by atoms with Gasteiger partial charge in [0.2, 0.25) is 11.8 Å². The topological polar surface area (TPSA) is 96.4 Å². The van der Waals surface area contributed by atoms with Crippen LogP contribution in [0.4, 0.5) is 23.7 Å². The van der Waals surface area contributed by atoms with Crippen LogP contribution in [0.5, 0.6) is 5.75 Å². The molecular formula is C35H45ClF3N5O4S. The maximum Gasteiger partial charge on any atom is 0.420 e. The molecule has 3 saturated heterocycles. The van der Waals surface area contributed by atoms with E-state index in [4.69, 9.17) is 11.6 Å². The van der Waals surface area contributed by atoms with Crippen LogP contribution in [0.25, 0.3) is 0 Å². The SMILES string of the molecule is CN1CCC(C2CCN(C(=O)[C@H](CC(=O)N3CCC(N4CCc5cscc5NC4=O)CC3)Cc3cc(Cl)c(O)c(C(F)(F)F)c3)CC2)CC1. The van der Waals surface area contributed by atoms with Crippen LogP contribution in [0.1, 0.15) is 61.6 Å². The molecule has 0 bridgehead atoms. The molecule has 1 aromatic heterocycles. The molecular weight excluding hydrogens is 679 g/mol. The lowest BCUT2D eigenvalue weighted by Gasteiger charge is -2.40. The van der Waals surface area contributed by atoms with E-state index in [1.165, 1.54) is 6.07 Å². The minimum Gasteiger partial charge on any atom is -0.506 e. The lowest BCUT2D eigenvalue weighted by molar-refractivity contribution is -0.143. The van der Waals surface area contributed by atoms with Crippen molar-refractivity contribution in [2.75, 3.05) is 58.2 Å². The van der Waals surface area contributed by atoms with Gasteiger partial charge in [-0.25, -0.2) is 4.79 Å². The summed E-state index contributed by atoms with van der Waals surface area (Å²) < 4.78 is 41.2. The van der Waals surface area contributed by atoms with Crippen molar-refractivity contribution in [3.63, 3.8) is 0 Å². The van der Waals surface area contributed by atoms with Crippen LogP contribution < -0.4 is 5.32 Å². The number of alkyl halides is 3. The quantitative estimate of drug-likeness (QED) is 0.348. The van der Waals surface area contributed by atoms with Crippen LogP contribution in [0.2, 0.25) is 5.02 Å². The van der Waals surface area contributed by atoms with Crippen molar-refractivity contribution in [3.05, 3.63) is 44.6 Å². The molecule has 268 valence electrons. The second-order valence-electron chi connectivity index (χ2n) is 14.2. The summed E-state index contributed by atoms with van der Waals surface area (Å²) in [7, 11) is 2.13. The van der Waals surface area contributed by atoms with Gasteiger partial charge in [0.1, 0.15) is 5.75 Å². The van der Waals surface area contributed by atoms with E-state index < -0.39 is 28.4 Å². The van der Waals surface area contributed by atoms with Crippen LogP contribution in [0.15, 0.2) is 22.9 Å². The van der Waals surface area contributed by atoms with Gasteiger partial charge in [-0.05, 0) is 112 Å². The molecule has 4 amide bonds. The maximum absolute atomic E-state index is 14.1. The van der Waals surface area contributed by atoms with E-state index in [0.29, 0.717) is 57.4 Å². The van der Waals surface area contributed by atoms with E-state index >= 15 is 0 Å². The summed E-state index contributed by atoms with van der Waals surface area (Å²) in [5, 5.41) is 16.6. The molecule has 0 radical (unpaired) electrons. The normalized spacial score (nSPS) is 21.3. The number of rotatable bonds is 7. The first-order valence-corrected chi connectivity index (χ1v) is 18.7. The Hall–Kier alpha value is -3.03. The number of carbonyl (C=O) groups is 3. The lowest BCUT2D eigenvalue weighted by Crippen LogP contribution is -2.50. The number of nitrogens with one attached hydrogen (secondary N) is 1. The van der Waals surface area contributed by atoms with Gasteiger partial charge in [0.15, 0.2) is 0 Å². The Bertz CT molecular complexity index is 1510. The molecule has 6 rings (SSSR count). The number of piperidine rings is 3. The molecule has 14 heteroatoms. The number of hydrogen-bond acceptors (Lipinski definition) is 6. The summed E-state index contributed by atoms with van der Waals surface area (Å²) in [4.78, 5) is 48.5. The highest BCUT2D eigenvalue weighted by molar-refractivity contribution is 7.08. The summed E-state index contributed by atoms with van der Waals surface area (Å²) in [6, 6.07) is 1.91. The lowest BCUT2D eigenvalue weighted by atomic mass is 9.78. The van der Waals surface area contributed by atoms with E-state index in [1.807, 2.05) is 15.7 Å². The number of aromatic hydroxyl groups is 1. The number of likely N-dealkylation sites (tertiary alicyclic amines) is 3. The number of benzene rings is 1. The molecule has 0 spiro atoms. The van der Waals surface area contributed by atoms with Gasteiger partial charge >= 0.3 is 12.2 Å². The summed E-state index contributed by atoms with van der Waals surface area (Å²) in [5.74, 6) is -1.26. The van der Waals surface area contributed by atoms with Gasteiger partial charge in [0.05, 0.1) is 22.2 Å². The predicted octanol–water partition coefficient (Wildman–Crippen LogP) is 6.34. The number of halogens is 4. The van der Waals surface area contributed by atoms with Crippen LogP contribution in [0.3, 0.4) is 0 Å². The Balaban J connectivity index is 1.12. The fourth-order valence-electron chi connectivity index (χ4n) is 8.14. The van der Waals surface area contributed by atoms with Gasteiger partial charge in [0, 0.05) is 50.6 Å². The monoisotopic (exact) mass is 723 g/mol. The van der Waals surface area contributed by atoms with Gasteiger partial charge in [0.25, 0.3) is 0 Å². The molecule has 0 unspecified atom stereocenters. The Morgan fingerprint density at radius 2 is 1.59 bits per heavy atom. The average Bonchev–Trinajstić information content (AvgIpc) is 3.45. The molecule has 0 aliphatic carbocycles. The number of anilines is 1. The van der Waals surface area contributed by atoms with Crippen molar-refractivity contribution in [2.45, 2.75) is 70.0 Å². The third-order valence-corrected chi connectivity index (χ3v) is 12.2. The Morgan fingerprint density at radius 3 is 2.24 bits per heavy atom. The third-order valence-electron chi connectivity index (χ3n) is 11.1. The van der Waals surface area contributed by atoms with Crippen LogP contribution in [-0.4, -0.2) is 101 Å². The highest BCUT2D eigenvalue weighted by Gasteiger charge is 2.38. The zero-order valence-electron chi connectivity index (χ0n) is 27.8.